The topological polar surface area (TPSA) is 16.1 Å². The van der Waals surface area contributed by atoms with Crippen LogP contribution in [0, 0.1) is 5.92 Å². The first-order valence-corrected chi connectivity index (χ1v) is 5.76. The third-order valence-electron chi connectivity index (χ3n) is 2.85. The van der Waals surface area contributed by atoms with Gasteiger partial charge in [0.2, 0.25) is 0 Å². The summed E-state index contributed by atoms with van der Waals surface area (Å²) in [5.41, 5.74) is 0. The van der Waals surface area contributed by atoms with Crippen LogP contribution in [0.1, 0.15) is 20.3 Å². The highest BCUT2D eigenvalue weighted by Crippen LogP contribution is 2.33. The van der Waals surface area contributed by atoms with Gasteiger partial charge in [0, 0.05) is 12.6 Å². The summed E-state index contributed by atoms with van der Waals surface area (Å²) in [6.07, 6.45) is 3.00. The Morgan fingerprint density at radius 1 is 1.62 bits per heavy atom. The van der Waals surface area contributed by atoms with Crippen LogP contribution in [0.15, 0.2) is 6.20 Å². The molecule has 4 heteroatoms. The fourth-order valence-corrected chi connectivity index (χ4v) is 2.76. The molecule has 72 valence electrons. The number of rotatable bonds is 1. The first-order valence-electron chi connectivity index (χ1n) is 4.56. The van der Waals surface area contributed by atoms with Crippen LogP contribution in [0.3, 0.4) is 0 Å². The van der Waals surface area contributed by atoms with Gasteiger partial charge in [-0.2, -0.15) is 0 Å². The summed E-state index contributed by atoms with van der Waals surface area (Å²) in [4.78, 5) is 6.64. The molecule has 2 unspecified atom stereocenters. The van der Waals surface area contributed by atoms with Gasteiger partial charge in [-0.1, -0.05) is 29.9 Å². The molecule has 2 heterocycles. The van der Waals surface area contributed by atoms with Gasteiger partial charge in [-0.25, -0.2) is 4.98 Å². The predicted molar refractivity (Wildman–Crippen MR) is 57.7 cm³/mol. The Balaban J connectivity index is 2.18. The minimum Gasteiger partial charge on any atom is -0.345 e. The van der Waals surface area contributed by atoms with Crippen LogP contribution in [0.2, 0.25) is 4.34 Å². The van der Waals surface area contributed by atoms with Gasteiger partial charge in [0.1, 0.15) is 4.34 Å². The minimum absolute atomic E-state index is 0.599. The molecule has 0 aromatic carbocycles. The lowest BCUT2D eigenvalue weighted by Gasteiger charge is -2.22. The Morgan fingerprint density at radius 3 is 2.85 bits per heavy atom. The summed E-state index contributed by atoms with van der Waals surface area (Å²) in [7, 11) is 0. The van der Waals surface area contributed by atoms with Crippen LogP contribution in [-0.4, -0.2) is 17.6 Å². The Kier molecular flexibility index (Phi) is 2.47. The van der Waals surface area contributed by atoms with E-state index in [1.165, 1.54) is 6.42 Å². The lowest BCUT2D eigenvalue weighted by Crippen LogP contribution is -2.28. The van der Waals surface area contributed by atoms with E-state index in [2.05, 4.69) is 23.7 Å². The zero-order chi connectivity index (χ0) is 9.42. The Bertz CT molecular complexity index is 300. The summed E-state index contributed by atoms with van der Waals surface area (Å²) in [6.45, 7) is 5.67. The van der Waals surface area contributed by atoms with Crippen molar-refractivity contribution >= 4 is 28.1 Å². The highest BCUT2D eigenvalue weighted by molar-refractivity contribution is 7.19. The van der Waals surface area contributed by atoms with E-state index in [4.69, 9.17) is 11.6 Å². The number of anilines is 1. The van der Waals surface area contributed by atoms with Crippen molar-refractivity contribution < 1.29 is 0 Å². The molecule has 0 aliphatic carbocycles. The number of aromatic nitrogens is 1. The average Bonchev–Trinajstić information content (AvgIpc) is 2.62. The van der Waals surface area contributed by atoms with E-state index in [0.29, 0.717) is 6.04 Å². The largest absolute Gasteiger partial charge is 0.345 e. The number of nitrogens with zero attached hydrogens (tertiary/aromatic N) is 2. The van der Waals surface area contributed by atoms with Crippen molar-refractivity contribution in [3.05, 3.63) is 10.5 Å². The molecule has 0 amide bonds. The quantitative estimate of drug-likeness (QED) is 0.718. The molecule has 0 bridgehead atoms. The van der Waals surface area contributed by atoms with Gasteiger partial charge in [0.05, 0.1) is 6.20 Å². The third-order valence-corrected chi connectivity index (χ3v) is 4.00. The van der Waals surface area contributed by atoms with E-state index < -0.39 is 0 Å². The molecule has 1 saturated heterocycles. The maximum atomic E-state index is 5.85. The van der Waals surface area contributed by atoms with Gasteiger partial charge in [0.15, 0.2) is 5.13 Å². The summed E-state index contributed by atoms with van der Waals surface area (Å²) in [6, 6.07) is 0.599. The fourth-order valence-electron chi connectivity index (χ4n) is 1.74. The minimum atomic E-state index is 0.599. The van der Waals surface area contributed by atoms with Gasteiger partial charge in [-0.15, -0.1) is 0 Å². The molecule has 0 N–H and O–H groups in total. The van der Waals surface area contributed by atoms with Gasteiger partial charge in [-0.05, 0) is 19.3 Å². The van der Waals surface area contributed by atoms with Gasteiger partial charge < -0.3 is 4.90 Å². The van der Waals surface area contributed by atoms with Gasteiger partial charge >= 0.3 is 0 Å². The third kappa shape index (κ3) is 1.67. The number of hydrogen-bond donors (Lipinski definition) is 0. The van der Waals surface area contributed by atoms with Crippen LogP contribution in [0.5, 0.6) is 0 Å². The molecule has 1 fully saturated rings. The molecule has 2 rings (SSSR count). The van der Waals surface area contributed by atoms with Crippen LogP contribution < -0.4 is 4.90 Å². The highest BCUT2D eigenvalue weighted by atomic mass is 35.5. The van der Waals surface area contributed by atoms with Crippen molar-refractivity contribution in [3.8, 4) is 0 Å². The summed E-state index contributed by atoms with van der Waals surface area (Å²) in [5.74, 6) is 0.766. The fraction of sp³-hybridized carbons (Fsp3) is 0.667. The molecule has 1 aromatic rings. The van der Waals surface area contributed by atoms with Crippen molar-refractivity contribution in [3.63, 3.8) is 0 Å². The molecule has 2 atom stereocenters. The molecule has 1 aliphatic heterocycles. The van der Waals surface area contributed by atoms with Crippen molar-refractivity contribution in [1.82, 2.24) is 4.98 Å². The molecule has 2 nitrogen and oxygen atoms in total. The van der Waals surface area contributed by atoms with Crippen LogP contribution in [0.25, 0.3) is 0 Å². The zero-order valence-corrected chi connectivity index (χ0v) is 9.40. The molecule has 13 heavy (non-hydrogen) atoms. The maximum Gasteiger partial charge on any atom is 0.186 e. The summed E-state index contributed by atoms with van der Waals surface area (Å²) < 4.78 is 0.779. The number of thiazole rings is 1. The van der Waals surface area contributed by atoms with Crippen molar-refractivity contribution in [2.75, 3.05) is 11.4 Å². The maximum absolute atomic E-state index is 5.85. The number of hydrogen-bond acceptors (Lipinski definition) is 3. The zero-order valence-electron chi connectivity index (χ0n) is 7.83. The smallest absolute Gasteiger partial charge is 0.186 e. The normalized spacial score (nSPS) is 28.4. The van der Waals surface area contributed by atoms with Crippen LogP contribution >= 0.6 is 22.9 Å². The molecular weight excluding hydrogens is 204 g/mol. The monoisotopic (exact) mass is 216 g/mol. The van der Waals surface area contributed by atoms with E-state index in [-0.39, 0.29) is 0 Å². The van der Waals surface area contributed by atoms with E-state index in [0.717, 1.165) is 21.9 Å². The Hall–Kier alpha value is -0.280. The molecule has 0 radical (unpaired) electrons. The first kappa shape index (κ1) is 9.28. The van der Waals surface area contributed by atoms with E-state index in [1.54, 1.807) is 17.5 Å². The Morgan fingerprint density at radius 2 is 2.38 bits per heavy atom. The van der Waals surface area contributed by atoms with Gasteiger partial charge in [-0.3, -0.25) is 0 Å². The lowest BCUT2D eigenvalue weighted by molar-refractivity contribution is 0.546. The first-order chi connectivity index (χ1) is 6.18. The summed E-state index contributed by atoms with van der Waals surface area (Å²) >= 11 is 7.42. The molecule has 0 saturated carbocycles. The van der Waals surface area contributed by atoms with Gasteiger partial charge in [0.25, 0.3) is 0 Å². The SMILES string of the molecule is CC1CCN(c2ncc(Cl)s2)C1C. The lowest BCUT2D eigenvalue weighted by atomic mass is 10.1. The standard InChI is InChI=1S/C9H13ClN2S/c1-6-3-4-12(7(6)2)9-11-5-8(10)13-9/h5-7H,3-4H2,1-2H3. The number of halogens is 1. The average molecular weight is 217 g/mol. The molecular formula is C9H13ClN2S. The van der Waals surface area contributed by atoms with E-state index in [1.807, 2.05) is 0 Å². The second-order valence-electron chi connectivity index (χ2n) is 3.65. The molecule has 1 aromatic heterocycles. The summed E-state index contributed by atoms with van der Waals surface area (Å²) in [5, 5.41) is 1.07. The Labute approximate surface area is 87.5 Å². The second-order valence-corrected chi connectivity index (χ2v) is 5.29. The molecule has 1 aliphatic rings. The predicted octanol–water partition coefficient (Wildman–Crippen LogP) is 3.03. The van der Waals surface area contributed by atoms with E-state index >= 15 is 0 Å². The highest BCUT2D eigenvalue weighted by Gasteiger charge is 2.28. The van der Waals surface area contributed by atoms with E-state index in [9.17, 15) is 0 Å². The van der Waals surface area contributed by atoms with Crippen LogP contribution in [-0.2, 0) is 0 Å². The second kappa shape index (κ2) is 3.46. The van der Waals surface area contributed by atoms with Crippen molar-refractivity contribution in [1.29, 1.82) is 0 Å². The van der Waals surface area contributed by atoms with Crippen LogP contribution in [0.4, 0.5) is 5.13 Å². The van der Waals surface area contributed by atoms with Crippen molar-refractivity contribution in [2.45, 2.75) is 26.3 Å². The molecule has 0 spiro atoms. The van der Waals surface area contributed by atoms with Crippen molar-refractivity contribution in [2.24, 2.45) is 5.92 Å².